The van der Waals surface area contributed by atoms with Crippen LogP contribution in [0.5, 0.6) is 0 Å². The van der Waals surface area contributed by atoms with Crippen LogP contribution in [0, 0.1) is 27.4 Å². The second kappa shape index (κ2) is 11.0. The predicted molar refractivity (Wildman–Crippen MR) is 127 cm³/mol. The molecule has 0 bridgehead atoms. The lowest BCUT2D eigenvalue weighted by molar-refractivity contribution is -0.385. The summed E-state index contributed by atoms with van der Waals surface area (Å²) >= 11 is 4.18. The molecule has 2 aromatic carbocycles. The summed E-state index contributed by atoms with van der Waals surface area (Å²) in [7, 11) is 1.08. The molecule has 0 spiro atoms. The first-order valence-corrected chi connectivity index (χ1v) is 11.5. The maximum absolute atomic E-state index is 12.9. The Morgan fingerprint density at radius 2 is 1.94 bits per heavy atom. The zero-order valence-electron chi connectivity index (χ0n) is 17.6. The maximum Gasteiger partial charge on any atom is 0.319 e. The molecule has 2 unspecified atom stereocenters. The van der Waals surface area contributed by atoms with E-state index >= 15 is 0 Å². The number of carbonyl (C=O) groups excluding carboxylic acids is 3. The largest absolute Gasteiger partial charge is 0.468 e. The zero-order chi connectivity index (χ0) is 24.8. The molecular formula is C22H17BrN4O6S. The van der Waals surface area contributed by atoms with Gasteiger partial charge < -0.3 is 15.4 Å². The molecule has 10 nitrogen and oxygen atoms in total. The number of benzene rings is 2. The number of halogens is 1. The Bertz CT molecular complexity index is 1220. The predicted octanol–water partition coefficient (Wildman–Crippen LogP) is 3.47. The van der Waals surface area contributed by atoms with Gasteiger partial charge in [-0.2, -0.15) is 5.26 Å². The Kier molecular flexibility index (Phi) is 8.04. The minimum atomic E-state index is -1.51. The molecule has 3 rings (SSSR count). The van der Waals surface area contributed by atoms with Crippen molar-refractivity contribution in [3.05, 3.63) is 79.3 Å². The van der Waals surface area contributed by atoms with Gasteiger partial charge in [-0.1, -0.05) is 45.9 Å². The number of nitrogens with zero attached hydrogens (tertiary/aromatic N) is 2. The van der Waals surface area contributed by atoms with Crippen LogP contribution in [0.3, 0.4) is 0 Å². The number of nitro benzene ring substituents is 1. The molecular weight excluding hydrogens is 528 g/mol. The molecule has 34 heavy (non-hydrogen) atoms. The van der Waals surface area contributed by atoms with Gasteiger partial charge in [-0.15, -0.1) is 0 Å². The minimum Gasteiger partial charge on any atom is -0.468 e. The van der Waals surface area contributed by atoms with E-state index in [2.05, 4.69) is 26.6 Å². The normalized spacial score (nSPS) is 17.4. The maximum atomic E-state index is 12.9. The highest BCUT2D eigenvalue weighted by molar-refractivity contribution is 9.10. The van der Waals surface area contributed by atoms with Crippen molar-refractivity contribution in [1.82, 2.24) is 5.32 Å². The lowest BCUT2D eigenvalue weighted by atomic mass is 9.78. The van der Waals surface area contributed by atoms with E-state index in [1.54, 1.807) is 24.3 Å². The van der Waals surface area contributed by atoms with Crippen LogP contribution in [0.15, 0.2) is 63.6 Å². The Hall–Kier alpha value is -3.69. The highest BCUT2D eigenvalue weighted by atomic mass is 79.9. The Labute approximate surface area is 206 Å². The van der Waals surface area contributed by atoms with Crippen LogP contribution < -0.4 is 10.6 Å². The monoisotopic (exact) mass is 544 g/mol. The van der Waals surface area contributed by atoms with Crippen molar-refractivity contribution in [2.45, 2.75) is 5.92 Å². The molecule has 0 aliphatic carbocycles. The lowest BCUT2D eigenvalue weighted by Crippen LogP contribution is -2.44. The van der Waals surface area contributed by atoms with Gasteiger partial charge in [-0.3, -0.25) is 24.5 Å². The number of thioether (sulfide) groups is 1. The summed E-state index contributed by atoms with van der Waals surface area (Å²) in [5.41, 5.74) is 0.151. The third kappa shape index (κ3) is 5.44. The highest BCUT2D eigenvalue weighted by Gasteiger charge is 2.46. The van der Waals surface area contributed by atoms with Crippen molar-refractivity contribution in [2.24, 2.45) is 5.92 Å². The lowest BCUT2D eigenvalue weighted by Gasteiger charge is -2.30. The summed E-state index contributed by atoms with van der Waals surface area (Å²) in [5, 5.41) is 26.7. The van der Waals surface area contributed by atoms with Gasteiger partial charge in [0.1, 0.15) is 5.92 Å². The van der Waals surface area contributed by atoms with Gasteiger partial charge in [-0.05, 0) is 24.3 Å². The van der Waals surface area contributed by atoms with E-state index in [1.165, 1.54) is 24.3 Å². The molecule has 2 atom stereocenters. The number of nitrogens with one attached hydrogen (secondary N) is 2. The molecule has 0 saturated heterocycles. The molecule has 2 N–H and O–H groups in total. The first kappa shape index (κ1) is 24.9. The van der Waals surface area contributed by atoms with Crippen molar-refractivity contribution >= 4 is 56.9 Å². The van der Waals surface area contributed by atoms with Crippen molar-refractivity contribution in [2.75, 3.05) is 18.2 Å². The Balaban J connectivity index is 1.96. The van der Waals surface area contributed by atoms with Gasteiger partial charge in [0.2, 0.25) is 11.8 Å². The summed E-state index contributed by atoms with van der Waals surface area (Å²) < 4.78 is 5.58. The number of rotatable bonds is 7. The highest BCUT2D eigenvalue weighted by Crippen LogP contribution is 2.43. The van der Waals surface area contributed by atoms with Gasteiger partial charge in [0, 0.05) is 21.8 Å². The third-order valence-electron chi connectivity index (χ3n) is 4.93. The van der Waals surface area contributed by atoms with E-state index in [9.17, 15) is 29.8 Å². The number of nitro groups is 1. The van der Waals surface area contributed by atoms with Gasteiger partial charge in [0.25, 0.3) is 5.69 Å². The minimum absolute atomic E-state index is 0.0201. The number of allylic oxidation sites excluding steroid dienone is 1. The third-order valence-corrected chi connectivity index (χ3v) is 6.47. The first-order chi connectivity index (χ1) is 16.3. The second-order valence-corrected chi connectivity index (χ2v) is 8.88. The Morgan fingerprint density at radius 1 is 1.26 bits per heavy atom. The smallest absolute Gasteiger partial charge is 0.319 e. The number of para-hydroxylation sites is 1. The van der Waals surface area contributed by atoms with E-state index in [0.29, 0.717) is 5.69 Å². The number of amides is 2. The van der Waals surface area contributed by atoms with Gasteiger partial charge in [-0.25, -0.2) is 0 Å². The van der Waals surface area contributed by atoms with Crippen LogP contribution in [0.4, 0.5) is 11.4 Å². The number of hydrogen-bond donors (Lipinski definition) is 2. The molecule has 2 aromatic rings. The average Bonchev–Trinajstić information content (AvgIpc) is 2.83. The second-order valence-electron chi connectivity index (χ2n) is 6.98. The van der Waals surface area contributed by atoms with Crippen molar-refractivity contribution in [3.63, 3.8) is 0 Å². The van der Waals surface area contributed by atoms with Crippen LogP contribution >= 0.6 is 27.7 Å². The van der Waals surface area contributed by atoms with Crippen molar-refractivity contribution in [3.8, 4) is 6.07 Å². The van der Waals surface area contributed by atoms with E-state index in [4.69, 9.17) is 4.74 Å². The van der Waals surface area contributed by atoms with Crippen LogP contribution in [-0.2, 0) is 19.1 Å². The van der Waals surface area contributed by atoms with E-state index in [-0.39, 0.29) is 27.6 Å². The summed E-state index contributed by atoms with van der Waals surface area (Å²) in [6, 6.07) is 14.4. The summed E-state index contributed by atoms with van der Waals surface area (Å²) in [5.74, 6) is -5.06. The standard InChI is InChI=1S/C22H17BrN4O6S/c1-33-22(30)19-18(14-4-2-3-5-16(14)27(31)32)15(10-24)21(26-20(19)29)34-11-17(28)25-13-8-6-12(23)7-9-13/h2-9,18-19H,11H2,1H3,(H,25,28)(H,26,29). The fourth-order valence-electron chi connectivity index (χ4n) is 3.44. The topological polar surface area (TPSA) is 151 Å². The van der Waals surface area contributed by atoms with Gasteiger partial charge in [0.05, 0.1) is 40.4 Å². The fraction of sp³-hybridized carbons (Fsp3) is 0.182. The molecule has 1 aliphatic rings. The number of hydrogen-bond acceptors (Lipinski definition) is 8. The number of methoxy groups -OCH3 is 1. The Morgan fingerprint density at radius 3 is 2.56 bits per heavy atom. The number of anilines is 1. The zero-order valence-corrected chi connectivity index (χ0v) is 20.0. The number of carbonyl (C=O) groups is 3. The molecule has 0 saturated carbocycles. The first-order valence-electron chi connectivity index (χ1n) is 9.71. The van der Waals surface area contributed by atoms with Gasteiger partial charge in [0.15, 0.2) is 0 Å². The van der Waals surface area contributed by atoms with Crippen LogP contribution in [0.2, 0.25) is 0 Å². The van der Waals surface area contributed by atoms with Crippen molar-refractivity contribution in [1.29, 1.82) is 5.26 Å². The molecule has 12 heteroatoms. The SMILES string of the molecule is COC(=O)C1C(=O)NC(SCC(=O)Nc2ccc(Br)cc2)=C(C#N)C1c1ccccc1[N+](=O)[O-]. The average molecular weight is 545 g/mol. The fourth-order valence-corrected chi connectivity index (χ4v) is 4.55. The van der Waals surface area contributed by atoms with E-state index < -0.39 is 34.5 Å². The van der Waals surface area contributed by atoms with Crippen molar-refractivity contribution < 1.29 is 24.0 Å². The molecule has 0 radical (unpaired) electrons. The molecule has 0 fully saturated rings. The summed E-state index contributed by atoms with van der Waals surface area (Å²) in [6.45, 7) is 0. The number of nitriles is 1. The number of ether oxygens (including phenoxy) is 1. The van der Waals surface area contributed by atoms with E-state index in [1.807, 2.05) is 6.07 Å². The summed E-state index contributed by atoms with van der Waals surface area (Å²) in [6.07, 6.45) is 0. The van der Waals surface area contributed by atoms with Crippen LogP contribution in [0.25, 0.3) is 0 Å². The van der Waals surface area contributed by atoms with Crippen LogP contribution in [-0.4, -0.2) is 35.6 Å². The van der Waals surface area contributed by atoms with E-state index in [0.717, 1.165) is 23.3 Å². The molecule has 0 aromatic heterocycles. The molecule has 174 valence electrons. The molecule has 2 amide bonds. The quantitative estimate of drug-likeness (QED) is 0.232. The van der Waals surface area contributed by atoms with Gasteiger partial charge >= 0.3 is 5.97 Å². The molecule has 1 heterocycles. The van der Waals surface area contributed by atoms with Crippen LogP contribution in [0.1, 0.15) is 11.5 Å². The molecule has 1 aliphatic heterocycles. The number of esters is 1. The summed E-state index contributed by atoms with van der Waals surface area (Å²) in [4.78, 5) is 48.7.